The third kappa shape index (κ3) is 3.31. The third-order valence-corrected chi connectivity index (χ3v) is 2.23. The predicted octanol–water partition coefficient (Wildman–Crippen LogP) is -0.494. The number of methoxy groups -OCH3 is 1. The number of rotatable bonds is 5. The fraction of sp³-hybridized carbons (Fsp3) is 0.375. The lowest BCUT2D eigenvalue weighted by molar-refractivity contribution is -0.125. The minimum absolute atomic E-state index is 0.0554. The van der Waals surface area contributed by atoms with Crippen molar-refractivity contribution in [3.63, 3.8) is 0 Å². The standard InChI is InChI=1S/C8H11BrN4O3/c1-16-7-4(9)2-11-8(13-7)12-3-5(14)6(10)15/h2,5,14H,3H2,1H3,(H2,10,15)(H,11,12,13). The molecule has 1 aromatic heterocycles. The molecule has 1 heterocycles. The number of aliphatic hydroxyl groups excluding tert-OH is 1. The van der Waals surface area contributed by atoms with Crippen LogP contribution in [0.2, 0.25) is 0 Å². The highest BCUT2D eigenvalue weighted by atomic mass is 79.9. The highest BCUT2D eigenvalue weighted by Gasteiger charge is 2.11. The molecule has 4 N–H and O–H groups in total. The molecule has 1 aromatic rings. The molecule has 0 radical (unpaired) electrons. The Morgan fingerprint density at radius 3 is 3.06 bits per heavy atom. The van der Waals surface area contributed by atoms with Gasteiger partial charge in [0.05, 0.1) is 24.3 Å². The van der Waals surface area contributed by atoms with Crippen LogP contribution in [-0.2, 0) is 4.79 Å². The van der Waals surface area contributed by atoms with E-state index in [0.29, 0.717) is 10.4 Å². The van der Waals surface area contributed by atoms with Gasteiger partial charge in [0.1, 0.15) is 6.10 Å². The predicted molar refractivity (Wildman–Crippen MR) is 60.0 cm³/mol. The highest BCUT2D eigenvalue weighted by molar-refractivity contribution is 9.10. The molecule has 1 rings (SSSR count). The van der Waals surface area contributed by atoms with Gasteiger partial charge in [-0.05, 0) is 15.9 Å². The molecule has 8 heteroatoms. The molecule has 0 saturated carbocycles. The van der Waals surface area contributed by atoms with Crippen LogP contribution < -0.4 is 15.8 Å². The number of aliphatic hydroxyl groups is 1. The number of carbonyl (C=O) groups excluding carboxylic acids is 1. The van der Waals surface area contributed by atoms with Gasteiger partial charge in [-0.3, -0.25) is 4.79 Å². The maximum absolute atomic E-state index is 10.6. The Morgan fingerprint density at radius 2 is 2.50 bits per heavy atom. The van der Waals surface area contributed by atoms with Gasteiger partial charge in [0.25, 0.3) is 0 Å². The van der Waals surface area contributed by atoms with Crippen LogP contribution in [0.3, 0.4) is 0 Å². The molecule has 0 fully saturated rings. The maximum Gasteiger partial charge on any atom is 0.248 e. The topological polar surface area (TPSA) is 110 Å². The van der Waals surface area contributed by atoms with Crippen LogP contribution in [0.25, 0.3) is 0 Å². The van der Waals surface area contributed by atoms with Crippen molar-refractivity contribution in [1.82, 2.24) is 9.97 Å². The van der Waals surface area contributed by atoms with Crippen LogP contribution in [0, 0.1) is 0 Å². The lowest BCUT2D eigenvalue weighted by Gasteiger charge is -2.09. The van der Waals surface area contributed by atoms with Crippen LogP contribution in [0.4, 0.5) is 5.95 Å². The van der Waals surface area contributed by atoms with E-state index in [2.05, 4.69) is 31.2 Å². The van der Waals surface area contributed by atoms with E-state index >= 15 is 0 Å². The van der Waals surface area contributed by atoms with Crippen molar-refractivity contribution in [2.24, 2.45) is 5.73 Å². The first kappa shape index (κ1) is 12.7. The number of ether oxygens (including phenoxy) is 1. The fourth-order valence-electron chi connectivity index (χ4n) is 0.868. The van der Waals surface area contributed by atoms with E-state index in [4.69, 9.17) is 15.6 Å². The molecule has 16 heavy (non-hydrogen) atoms. The smallest absolute Gasteiger partial charge is 0.248 e. The van der Waals surface area contributed by atoms with E-state index in [1.54, 1.807) is 0 Å². The maximum atomic E-state index is 10.6. The number of primary amides is 1. The molecule has 1 amide bonds. The second-order valence-electron chi connectivity index (χ2n) is 2.85. The molecule has 0 spiro atoms. The lowest BCUT2D eigenvalue weighted by Crippen LogP contribution is -2.34. The second kappa shape index (κ2) is 5.61. The summed E-state index contributed by atoms with van der Waals surface area (Å²) in [6.07, 6.45) is 0.211. The molecule has 88 valence electrons. The summed E-state index contributed by atoms with van der Waals surface area (Å²) in [5, 5.41) is 11.8. The number of hydrogen-bond donors (Lipinski definition) is 3. The number of aromatic nitrogens is 2. The Morgan fingerprint density at radius 1 is 1.81 bits per heavy atom. The summed E-state index contributed by atoms with van der Waals surface area (Å²) in [7, 11) is 1.47. The first-order valence-electron chi connectivity index (χ1n) is 4.32. The van der Waals surface area contributed by atoms with Crippen LogP contribution in [0.15, 0.2) is 10.7 Å². The van der Waals surface area contributed by atoms with Crippen molar-refractivity contribution in [2.45, 2.75) is 6.10 Å². The van der Waals surface area contributed by atoms with Crippen LogP contribution >= 0.6 is 15.9 Å². The second-order valence-corrected chi connectivity index (χ2v) is 3.70. The molecule has 0 bridgehead atoms. The largest absolute Gasteiger partial charge is 0.480 e. The van der Waals surface area contributed by atoms with Gasteiger partial charge < -0.3 is 20.9 Å². The third-order valence-electron chi connectivity index (χ3n) is 1.69. The van der Waals surface area contributed by atoms with E-state index < -0.39 is 12.0 Å². The number of nitrogens with zero attached hydrogens (tertiary/aromatic N) is 2. The van der Waals surface area contributed by atoms with Gasteiger partial charge in [-0.2, -0.15) is 4.98 Å². The van der Waals surface area contributed by atoms with Gasteiger partial charge in [0.2, 0.25) is 17.7 Å². The first-order valence-corrected chi connectivity index (χ1v) is 5.11. The number of hydrogen-bond acceptors (Lipinski definition) is 6. The molecule has 0 aliphatic heterocycles. The lowest BCUT2D eigenvalue weighted by atomic mass is 10.3. The average molecular weight is 291 g/mol. The molecule has 1 atom stereocenters. The van der Waals surface area contributed by atoms with Gasteiger partial charge in [-0.1, -0.05) is 0 Å². The molecular weight excluding hydrogens is 280 g/mol. The van der Waals surface area contributed by atoms with Gasteiger partial charge >= 0.3 is 0 Å². The summed E-state index contributed by atoms with van der Waals surface area (Å²) in [6.45, 7) is -0.0554. The van der Waals surface area contributed by atoms with Gasteiger partial charge in [0.15, 0.2) is 0 Å². The zero-order chi connectivity index (χ0) is 12.1. The minimum atomic E-state index is -1.28. The first-order chi connectivity index (χ1) is 7.54. The summed E-state index contributed by atoms with van der Waals surface area (Å²) < 4.78 is 5.56. The molecule has 0 aromatic carbocycles. The van der Waals surface area contributed by atoms with Crippen molar-refractivity contribution < 1.29 is 14.6 Å². The zero-order valence-corrected chi connectivity index (χ0v) is 10.1. The zero-order valence-electron chi connectivity index (χ0n) is 8.48. The SMILES string of the molecule is COc1nc(NCC(O)C(N)=O)ncc1Br. The molecular formula is C8H11BrN4O3. The van der Waals surface area contributed by atoms with Crippen molar-refractivity contribution in [2.75, 3.05) is 19.0 Å². The summed E-state index contributed by atoms with van der Waals surface area (Å²) in [5.41, 5.74) is 4.88. The highest BCUT2D eigenvalue weighted by Crippen LogP contribution is 2.21. The number of carbonyl (C=O) groups is 1. The van der Waals surface area contributed by atoms with Crippen molar-refractivity contribution in [3.05, 3.63) is 10.7 Å². The molecule has 0 saturated heterocycles. The fourth-order valence-corrected chi connectivity index (χ4v) is 1.22. The number of nitrogens with one attached hydrogen (secondary N) is 1. The normalized spacial score (nSPS) is 11.9. The van der Waals surface area contributed by atoms with Crippen molar-refractivity contribution in [1.29, 1.82) is 0 Å². The molecule has 7 nitrogen and oxygen atoms in total. The number of halogens is 1. The van der Waals surface area contributed by atoms with E-state index in [0.717, 1.165) is 0 Å². The molecule has 0 aliphatic carbocycles. The van der Waals surface area contributed by atoms with Gasteiger partial charge in [-0.25, -0.2) is 4.98 Å². The summed E-state index contributed by atoms with van der Waals surface area (Å²) in [4.78, 5) is 18.4. The minimum Gasteiger partial charge on any atom is -0.480 e. The number of amides is 1. The van der Waals surface area contributed by atoms with E-state index in [9.17, 15) is 4.79 Å². The Balaban J connectivity index is 2.64. The summed E-state index contributed by atoms with van der Waals surface area (Å²) in [6, 6.07) is 0. The summed E-state index contributed by atoms with van der Waals surface area (Å²) >= 11 is 3.19. The van der Waals surface area contributed by atoms with E-state index in [1.807, 2.05) is 0 Å². The molecule has 0 aliphatic rings. The van der Waals surface area contributed by atoms with Crippen molar-refractivity contribution in [3.8, 4) is 5.88 Å². The monoisotopic (exact) mass is 290 g/mol. The Hall–Kier alpha value is -1.41. The number of anilines is 1. The van der Waals surface area contributed by atoms with E-state index in [-0.39, 0.29) is 12.5 Å². The Bertz CT molecular complexity index is 388. The van der Waals surface area contributed by atoms with E-state index in [1.165, 1.54) is 13.3 Å². The molecule has 1 unspecified atom stereocenters. The van der Waals surface area contributed by atoms with Crippen LogP contribution in [0.5, 0.6) is 5.88 Å². The van der Waals surface area contributed by atoms with Gasteiger partial charge in [-0.15, -0.1) is 0 Å². The number of nitrogens with two attached hydrogens (primary N) is 1. The van der Waals surface area contributed by atoms with Crippen LogP contribution in [-0.4, -0.2) is 40.7 Å². The van der Waals surface area contributed by atoms with Crippen LogP contribution in [0.1, 0.15) is 0 Å². The van der Waals surface area contributed by atoms with Crippen molar-refractivity contribution >= 4 is 27.8 Å². The quantitative estimate of drug-likeness (QED) is 0.675. The Labute approximate surface area is 100 Å². The van der Waals surface area contributed by atoms with Gasteiger partial charge in [0, 0.05) is 0 Å². The average Bonchev–Trinajstić information content (AvgIpc) is 2.27. The summed E-state index contributed by atoms with van der Waals surface area (Å²) in [5.74, 6) is -0.219. The Kier molecular flexibility index (Phi) is 4.44.